The molecule has 28 heavy (non-hydrogen) atoms. The van der Waals surface area contributed by atoms with Crippen LogP contribution < -0.4 is 0 Å². The number of esters is 2. The fourth-order valence-electron chi connectivity index (χ4n) is 2.68. The molecule has 0 spiro atoms. The highest BCUT2D eigenvalue weighted by molar-refractivity contribution is 5.82. The van der Waals surface area contributed by atoms with E-state index >= 15 is 0 Å². The van der Waals surface area contributed by atoms with Gasteiger partial charge in [-0.25, -0.2) is 0 Å². The predicted molar refractivity (Wildman–Crippen MR) is 101 cm³/mol. The SMILES string of the molecule is CCCCOC(=O)C(CCCOC=O)C(CCCOC=O)C(=O)OCCCC. The molecule has 0 fully saturated rings. The summed E-state index contributed by atoms with van der Waals surface area (Å²) in [6.07, 6.45) is 4.78. The first-order valence-electron chi connectivity index (χ1n) is 10.1. The lowest BCUT2D eigenvalue weighted by Gasteiger charge is -2.24. The Bertz CT molecular complexity index is 398. The van der Waals surface area contributed by atoms with Crippen LogP contribution in [0.4, 0.5) is 0 Å². The Labute approximate surface area is 167 Å². The van der Waals surface area contributed by atoms with Crippen molar-refractivity contribution in [2.45, 2.75) is 65.2 Å². The largest absolute Gasteiger partial charge is 0.468 e. The lowest BCUT2D eigenvalue weighted by Crippen LogP contribution is -2.33. The van der Waals surface area contributed by atoms with E-state index in [4.69, 9.17) is 9.47 Å². The topological polar surface area (TPSA) is 105 Å². The second kappa shape index (κ2) is 18.3. The van der Waals surface area contributed by atoms with Gasteiger partial charge in [0.05, 0.1) is 38.3 Å². The van der Waals surface area contributed by atoms with E-state index in [9.17, 15) is 19.2 Å². The summed E-state index contributed by atoms with van der Waals surface area (Å²) in [5, 5.41) is 0. The van der Waals surface area contributed by atoms with Crippen LogP contribution in [0, 0.1) is 11.8 Å². The number of rotatable bonds is 19. The first kappa shape index (κ1) is 25.9. The van der Waals surface area contributed by atoms with Gasteiger partial charge < -0.3 is 18.9 Å². The normalized spacial score (nSPS) is 12.5. The second-order valence-corrected chi connectivity index (χ2v) is 6.47. The standard InChI is InChI=1S/C20H34O8/c1-3-5-13-27-19(23)17(9-7-11-25-15-21)18(10-8-12-26-16-22)20(24)28-14-6-4-2/h15-18H,3-14H2,1-2H3. The molecule has 0 aromatic heterocycles. The average Bonchev–Trinajstić information content (AvgIpc) is 2.69. The fourth-order valence-corrected chi connectivity index (χ4v) is 2.68. The summed E-state index contributed by atoms with van der Waals surface area (Å²) < 4.78 is 20.1. The minimum Gasteiger partial charge on any atom is -0.468 e. The van der Waals surface area contributed by atoms with Gasteiger partial charge >= 0.3 is 11.9 Å². The monoisotopic (exact) mass is 402 g/mol. The first-order valence-corrected chi connectivity index (χ1v) is 10.1. The number of hydrogen-bond acceptors (Lipinski definition) is 8. The zero-order valence-corrected chi connectivity index (χ0v) is 17.1. The molecule has 0 aliphatic heterocycles. The molecule has 8 heteroatoms. The Hall–Kier alpha value is -2.12. The van der Waals surface area contributed by atoms with Crippen molar-refractivity contribution < 1.29 is 38.1 Å². The van der Waals surface area contributed by atoms with Gasteiger partial charge in [0.25, 0.3) is 12.9 Å². The van der Waals surface area contributed by atoms with E-state index in [2.05, 4.69) is 9.47 Å². The highest BCUT2D eigenvalue weighted by atomic mass is 16.5. The number of hydrogen-bond donors (Lipinski definition) is 0. The molecule has 2 unspecified atom stereocenters. The number of unbranched alkanes of at least 4 members (excludes halogenated alkanes) is 2. The maximum atomic E-state index is 12.6. The van der Waals surface area contributed by atoms with Crippen molar-refractivity contribution >= 4 is 24.9 Å². The van der Waals surface area contributed by atoms with Crippen LogP contribution in [0.25, 0.3) is 0 Å². The molecule has 0 rings (SSSR count). The summed E-state index contributed by atoms with van der Waals surface area (Å²) in [5.41, 5.74) is 0. The van der Waals surface area contributed by atoms with Gasteiger partial charge in [-0.3, -0.25) is 19.2 Å². The highest BCUT2D eigenvalue weighted by Crippen LogP contribution is 2.26. The van der Waals surface area contributed by atoms with Crippen LogP contribution in [0.3, 0.4) is 0 Å². The molecule has 0 bridgehead atoms. The number of ether oxygens (including phenoxy) is 4. The van der Waals surface area contributed by atoms with E-state index in [-0.39, 0.29) is 13.2 Å². The first-order chi connectivity index (χ1) is 13.6. The summed E-state index contributed by atoms with van der Waals surface area (Å²) in [5.74, 6) is -2.29. The second-order valence-electron chi connectivity index (χ2n) is 6.47. The molecule has 0 aromatic rings. The van der Waals surface area contributed by atoms with Gasteiger partial charge in [0.2, 0.25) is 0 Å². The summed E-state index contributed by atoms with van der Waals surface area (Å²) in [4.78, 5) is 45.9. The smallest absolute Gasteiger partial charge is 0.309 e. The molecule has 0 radical (unpaired) electrons. The highest BCUT2D eigenvalue weighted by Gasteiger charge is 2.35. The Kier molecular flexibility index (Phi) is 16.9. The van der Waals surface area contributed by atoms with Gasteiger partial charge in [0, 0.05) is 0 Å². The zero-order chi connectivity index (χ0) is 21.0. The molecule has 8 nitrogen and oxygen atoms in total. The van der Waals surface area contributed by atoms with E-state index in [1.54, 1.807) is 0 Å². The molecular weight excluding hydrogens is 368 g/mol. The van der Waals surface area contributed by atoms with Crippen molar-refractivity contribution in [3.05, 3.63) is 0 Å². The van der Waals surface area contributed by atoms with Crippen molar-refractivity contribution in [1.29, 1.82) is 0 Å². The maximum absolute atomic E-state index is 12.6. The molecule has 0 aromatic carbocycles. The van der Waals surface area contributed by atoms with Gasteiger partial charge in [-0.15, -0.1) is 0 Å². The van der Waals surface area contributed by atoms with Gasteiger partial charge in [-0.1, -0.05) is 26.7 Å². The van der Waals surface area contributed by atoms with Crippen LogP contribution in [0.5, 0.6) is 0 Å². The molecule has 0 heterocycles. The summed E-state index contributed by atoms with van der Waals surface area (Å²) >= 11 is 0. The third-order valence-electron chi connectivity index (χ3n) is 4.27. The predicted octanol–water partition coefficient (Wildman–Crippen LogP) is 2.81. The lowest BCUT2D eigenvalue weighted by atomic mass is 9.85. The molecule has 0 N–H and O–H groups in total. The van der Waals surface area contributed by atoms with Crippen molar-refractivity contribution in [2.24, 2.45) is 11.8 Å². The van der Waals surface area contributed by atoms with Crippen LogP contribution in [-0.4, -0.2) is 51.3 Å². The van der Waals surface area contributed by atoms with E-state index in [0.717, 1.165) is 25.7 Å². The van der Waals surface area contributed by atoms with Crippen LogP contribution in [0.2, 0.25) is 0 Å². The van der Waals surface area contributed by atoms with Gasteiger partial charge in [-0.2, -0.15) is 0 Å². The van der Waals surface area contributed by atoms with Crippen LogP contribution >= 0.6 is 0 Å². The molecule has 2 atom stereocenters. The Morgan fingerprint density at radius 2 is 1.07 bits per heavy atom. The minimum atomic E-state index is -0.697. The Balaban J connectivity index is 5.11. The van der Waals surface area contributed by atoms with E-state index in [0.29, 0.717) is 51.8 Å². The fraction of sp³-hybridized carbons (Fsp3) is 0.800. The maximum Gasteiger partial charge on any atom is 0.309 e. The van der Waals surface area contributed by atoms with Crippen LogP contribution in [0.15, 0.2) is 0 Å². The van der Waals surface area contributed by atoms with Crippen molar-refractivity contribution in [1.82, 2.24) is 0 Å². The number of carbonyl (C=O) groups is 4. The Morgan fingerprint density at radius 1 is 0.679 bits per heavy atom. The molecular formula is C20H34O8. The third-order valence-corrected chi connectivity index (χ3v) is 4.27. The minimum absolute atomic E-state index is 0.161. The van der Waals surface area contributed by atoms with Crippen LogP contribution in [-0.2, 0) is 38.1 Å². The Morgan fingerprint density at radius 3 is 1.39 bits per heavy atom. The van der Waals surface area contributed by atoms with Crippen LogP contribution in [0.1, 0.15) is 65.2 Å². The molecule has 162 valence electrons. The third kappa shape index (κ3) is 12.3. The van der Waals surface area contributed by atoms with Gasteiger partial charge in [0.1, 0.15) is 0 Å². The summed E-state index contributed by atoms with van der Waals surface area (Å²) in [6.45, 7) is 5.59. The quantitative estimate of drug-likeness (QED) is 0.141. The molecule has 0 saturated carbocycles. The number of carbonyl (C=O) groups excluding carboxylic acids is 4. The van der Waals surface area contributed by atoms with Crippen molar-refractivity contribution in [2.75, 3.05) is 26.4 Å². The average molecular weight is 402 g/mol. The van der Waals surface area contributed by atoms with E-state index in [1.807, 2.05) is 13.8 Å². The van der Waals surface area contributed by atoms with Gasteiger partial charge in [-0.05, 0) is 38.5 Å². The lowest BCUT2D eigenvalue weighted by molar-refractivity contribution is -0.162. The molecule has 0 aliphatic rings. The molecule has 0 saturated heterocycles. The van der Waals surface area contributed by atoms with E-state index in [1.165, 1.54) is 0 Å². The van der Waals surface area contributed by atoms with Crippen molar-refractivity contribution in [3.8, 4) is 0 Å². The molecule has 0 aliphatic carbocycles. The summed E-state index contributed by atoms with van der Waals surface area (Å²) in [6, 6.07) is 0. The van der Waals surface area contributed by atoms with E-state index < -0.39 is 23.8 Å². The van der Waals surface area contributed by atoms with Gasteiger partial charge in [0.15, 0.2) is 0 Å². The van der Waals surface area contributed by atoms with Crippen molar-refractivity contribution in [3.63, 3.8) is 0 Å². The summed E-state index contributed by atoms with van der Waals surface area (Å²) in [7, 11) is 0. The molecule has 0 amide bonds. The zero-order valence-electron chi connectivity index (χ0n) is 17.1.